The number of anilines is 4. The van der Waals surface area contributed by atoms with Crippen molar-refractivity contribution in [1.82, 2.24) is 66.8 Å². The number of nitrogens with zero attached hydrogens (tertiary/aromatic N) is 7. The molecule has 23 nitrogen and oxygen atoms in total. The van der Waals surface area contributed by atoms with Crippen LogP contribution in [0.25, 0.3) is 95.9 Å². The number of thiazole rings is 3. The lowest BCUT2D eigenvalue weighted by atomic mass is 10.0. The Labute approximate surface area is 653 Å². The molecule has 3 aliphatic rings. The number of ether oxygens (including phenoxy) is 3. The molecule has 8 aromatic heterocycles. The lowest BCUT2D eigenvalue weighted by Crippen LogP contribution is -2.24. The minimum Gasteiger partial charge on any atom is -0.383 e. The van der Waals surface area contributed by atoms with Gasteiger partial charge in [-0.05, 0) is 155 Å². The van der Waals surface area contributed by atoms with Gasteiger partial charge in [-0.3, -0.25) is 24.2 Å². The van der Waals surface area contributed by atoms with Gasteiger partial charge in [0.05, 0.1) is 62.4 Å². The number of hydrogen-bond donors (Lipinski definition) is 10. The first-order valence-electron chi connectivity index (χ1n) is 37.0. The number of carbonyl (C=O) groups excluding carboxylic acids is 3. The number of fused-ring (bicyclic) bond motifs is 6. The molecule has 0 aliphatic carbocycles. The highest BCUT2D eigenvalue weighted by Crippen LogP contribution is 2.49. The molecular formula is C79H95N17O6S6. The minimum atomic E-state index is 0.00960. The van der Waals surface area contributed by atoms with Crippen molar-refractivity contribution in [2.75, 3.05) is 134 Å². The summed E-state index contributed by atoms with van der Waals surface area (Å²) in [5, 5.41) is 46.8. The summed E-state index contributed by atoms with van der Waals surface area (Å²) in [6.45, 7) is 21.9. The second-order valence-corrected chi connectivity index (χ2v) is 33.0. The second kappa shape index (κ2) is 38.0. The third kappa shape index (κ3) is 19.2. The monoisotopic (exact) mass is 1570 g/mol. The SMILES string of the molecule is CCN(CC)c1ccc(-c2ccc3sc(-c4c(NC(=O)CCNCCOC)sc5c4CCNC5)nc3c2)cc1.COCCNCCC(=O)Nc1sc2c(c1-c1nc3ccc(-c4ccn[nH]4)cc3s1)CCNC2.COCCNCCC(=O)Nc1sc2c(c1-c1nc3ccc(-c4cnn(C(C)C)c4)cc3s1)CCNC2. The molecular weight excluding hydrogens is 1480 g/mol. The van der Waals surface area contributed by atoms with Gasteiger partial charge in [-0.25, -0.2) is 15.0 Å². The number of aromatic amines is 1. The van der Waals surface area contributed by atoms with E-state index in [1.54, 1.807) is 95.5 Å². The van der Waals surface area contributed by atoms with E-state index in [0.29, 0.717) is 64.8 Å². The highest BCUT2D eigenvalue weighted by atomic mass is 32.1. The Morgan fingerprint density at radius 2 is 0.935 bits per heavy atom. The van der Waals surface area contributed by atoms with Gasteiger partial charge in [0.2, 0.25) is 17.7 Å². The summed E-state index contributed by atoms with van der Waals surface area (Å²) < 4.78 is 20.5. The Morgan fingerprint density at radius 3 is 1.38 bits per heavy atom. The van der Waals surface area contributed by atoms with Gasteiger partial charge in [-0.1, -0.05) is 30.3 Å². The van der Waals surface area contributed by atoms with E-state index in [4.69, 9.17) is 29.2 Å². The quantitative estimate of drug-likeness (QED) is 0.0181. The summed E-state index contributed by atoms with van der Waals surface area (Å²) in [4.78, 5) is 59.5. The van der Waals surface area contributed by atoms with Crippen LogP contribution in [-0.2, 0) is 67.5 Å². The number of aromatic nitrogens is 7. The largest absolute Gasteiger partial charge is 0.383 e. The number of carbonyl (C=O) groups is 3. The van der Waals surface area contributed by atoms with Gasteiger partial charge < -0.3 is 67.0 Å². The van der Waals surface area contributed by atoms with Crippen LogP contribution in [0.2, 0.25) is 0 Å². The molecule has 3 aliphatic heterocycles. The van der Waals surface area contributed by atoms with Crippen molar-refractivity contribution in [3.05, 3.63) is 135 Å². The molecule has 0 fully saturated rings. The standard InChI is InChI=1S/C30H37N5O2S2.C26H32N6O2S2.C23H26N6O2S2/c1-4-35(5-2)22-9-6-20(7-10-22)21-8-11-25-24(18-21)33-29(38-25)28-23-12-14-32-19-26(23)39-30(28)34-27(36)13-15-31-16-17-37-3;1-16(2)32-15-18(13-29-32)17-4-5-20-21(12-17)35-25(30-20)24-19-6-8-28-14-22(19)36-26(24)31-23(33)7-9-27-10-11-34-3;1-31-11-10-24-8-6-20(30)28-23-21(15-4-7-25-13-19(15)33-23)22-27-17-3-2-14(12-18(17)32-22)16-5-9-26-29-16/h6-11,18,31-32H,4-5,12-17,19H2,1-3H3,(H,34,36);4-5,12-13,15-16,27-28H,6-11,14H2,1-3H3,(H,31,33);2-3,5,9,12,24-25H,4,6-8,10-11,13H2,1H3,(H,26,29)(H,28,30). The number of thiophene rings is 3. The van der Waals surface area contributed by atoms with Crippen molar-refractivity contribution in [3.8, 4) is 65.2 Å². The first kappa shape index (κ1) is 78.1. The minimum absolute atomic E-state index is 0.00960. The predicted octanol–water partition coefficient (Wildman–Crippen LogP) is 14.1. The van der Waals surface area contributed by atoms with Gasteiger partial charge in [0, 0.05) is 179 Å². The highest BCUT2D eigenvalue weighted by Gasteiger charge is 2.29. The molecule has 10 N–H and O–H groups in total. The van der Waals surface area contributed by atoms with Gasteiger partial charge in [0.1, 0.15) is 30.0 Å². The van der Waals surface area contributed by atoms with E-state index in [0.717, 1.165) is 197 Å². The normalized spacial score (nSPS) is 13.3. The van der Waals surface area contributed by atoms with Crippen LogP contribution in [0.15, 0.2) is 104 Å². The van der Waals surface area contributed by atoms with E-state index < -0.39 is 0 Å². The molecule has 29 heteroatoms. The molecule has 0 spiro atoms. The number of methoxy groups -OCH3 is 3. The van der Waals surface area contributed by atoms with Crippen molar-refractivity contribution in [2.24, 2.45) is 0 Å². The molecule has 568 valence electrons. The number of benzene rings is 4. The lowest BCUT2D eigenvalue weighted by molar-refractivity contribution is -0.116. The number of rotatable bonds is 31. The van der Waals surface area contributed by atoms with Crippen LogP contribution in [0, 0.1) is 0 Å². The van der Waals surface area contributed by atoms with Crippen LogP contribution < -0.4 is 52.8 Å². The number of hydrogen-bond acceptors (Lipinski definition) is 24. The van der Waals surface area contributed by atoms with Gasteiger partial charge in [-0.2, -0.15) is 10.2 Å². The highest BCUT2D eigenvalue weighted by molar-refractivity contribution is 7.24. The first-order valence-corrected chi connectivity index (χ1v) is 41.9. The lowest BCUT2D eigenvalue weighted by Gasteiger charge is -2.21. The Bertz CT molecular complexity index is 4990. The summed E-state index contributed by atoms with van der Waals surface area (Å²) >= 11 is 10.1. The Balaban J connectivity index is 0.000000143. The molecule has 0 saturated carbocycles. The fraction of sp³-hybridized carbons (Fsp3) is 0.392. The molecule has 15 rings (SSSR count). The van der Waals surface area contributed by atoms with E-state index in [-0.39, 0.29) is 17.7 Å². The number of nitrogens with one attached hydrogen (secondary N) is 10. The maximum Gasteiger partial charge on any atom is 0.226 e. The van der Waals surface area contributed by atoms with Gasteiger partial charge >= 0.3 is 0 Å². The van der Waals surface area contributed by atoms with E-state index in [1.165, 1.54) is 42.6 Å². The molecule has 3 amide bonds. The zero-order valence-corrected chi connectivity index (χ0v) is 67.1. The molecule has 0 saturated heterocycles. The Kier molecular flexibility index (Phi) is 27.5. The van der Waals surface area contributed by atoms with Crippen LogP contribution in [0.1, 0.15) is 84.3 Å². The van der Waals surface area contributed by atoms with Crippen LogP contribution in [0.3, 0.4) is 0 Å². The average Bonchev–Trinajstić information content (AvgIpc) is 1.63. The van der Waals surface area contributed by atoms with Crippen LogP contribution in [0.5, 0.6) is 0 Å². The molecule has 0 unspecified atom stereocenters. The molecule has 108 heavy (non-hydrogen) atoms. The van der Waals surface area contributed by atoms with Crippen LogP contribution in [-0.4, -0.2) is 166 Å². The fourth-order valence-electron chi connectivity index (χ4n) is 13.3. The van der Waals surface area contributed by atoms with Gasteiger partial charge in [0.25, 0.3) is 0 Å². The van der Waals surface area contributed by atoms with Crippen molar-refractivity contribution >= 4 is 137 Å². The van der Waals surface area contributed by atoms with E-state index in [9.17, 15) is 14.4 Å². The molecule has 0 bridgehead atoms. The molecule has 11 heterocycles. The molecule has 12 aromatic rings. The van der Waals surface area contributed by atoms with Crippen LogP contribution in [0.4, 0.5) is 20.7 Å². The summed E-state index contributed by atoms with van der Waals surface area (Å²) in [6.07, 6.45) is 9.82. The van der Waals surface area contributed by atoms with Gasteiger partial charge in [0.15, 0.2) is 0 Å². The van der Waals surface area contributed by atoms with E-state index in [2.05, 4.69) is 181 Å². The number of amides is 3. The van der Waals surface area contributed by atoms with E-state index >= 15 is 0 Å². The smallest absolute Gasteiger partial charge is 0.226 e. The Hall–Kier alpha value is -8.08. The first-order chi connectivity index (χ1) is 52.9. The number of H-pyrrole nitrogens is 1. The molecule has 4 aromatic carbocycles. The summed E-state index contributed by atoms with van der Waals surface area (Å²) in [6, 6.07) is 30.3. The van der Waals surface area contributed by atoms with Crippen molar-refractivity contribution in [2.45, 2.75) is 91.9 Å². The zero-order chi connectivity index (χ0) is 74.9. The molecule has 0 atom stereocenters. The summed E-state index contributed by atoms with van der Waals surface area (Å²) in [5.74, 6) is 0.0397. The molecule has 0 radical (unpaired) electrons. The van der Waals surface area contributed by atoms with Crippen molar-refractivity contribution < 1.29 is 28.6 Å². The zero-order valence-electron chi connectivity index (χ0n) is 62.2. The third-order valence-corrected chi connectivity index (χ3v) is 25.6. The summed E-state index contributed by atoms with van der Waals surface area (Å²) in [7, 11) is 5.02. The van der Waals surface area contributed by atoms with Crippen molar-refractivity contribution in [1.29, 1.82) is 0 Å². The Morgan fingerprint density at radius 1 is 0.500 bits per heavy atom. The predicted molar refractivity (Wildman–Crippen MR) is 447 cm³/mol. The topological polar surface area (TPSA) is 276 Å². The van der Waals surface area contributed by atoms with E-state index in [1.807, 2.05) is 16.9 Å². The third-order valence-electron chi connectivity index (χ3n) is 19.0. The van der Waals surface area contributed by atoms with Crippen molar-refractivity contribution in [3.63, 3.8) is 0 Å². The fourth-order valence-corrected chi connectivity index (χ4v) is 20.4. The maximum atomic E-state index is 12.8. The summed E-state index contributed by atoms with van der Waals surface area (Å²) in [5.41, 5.74) is 18.1. The van der Waals surface area contributed by atoms with Gasteiger partial charge in [-0.15, -0.1) is 68.0 Å². The average molecular weight is 1570 g/mol. The van der Waals surface area contributed by atoms with Crippen LogP contribution >= 0.6 is 68.0 Å². The second-order valence-electron chi connectivity index (χ2n) is 26.6. The maximum absolute atomic E-state index is 12.8.